The van der Waals surface area contributed by atoms with Crippen molar-refractivity contribution in [2.45, 2.75) is 17.3 Å². The highest BCUT2D eigenvalue weighted by Gasteiger charge is 2.22. The first-order chi connectivity index (χ1) is 13.1. The number of carbonyl (C=O) groups excluding carboxylic acids is 2. The Labute approximate surface area is 160 Å². The van der Waals surface area contributed by atoms with Crippen LogP contribution in [0.2, 0.25) is 0 Å². The van der Waals surface area contributed by atoms with E-state index in [0.717, 1.165) is 10.8 Å². The van der Waals surface area contributed by atoms with Gasteiger partial charge in [-0.2, -0.15) is 0 Å². The summed E-state index contributed by atoms with van der Waals surface area (Å²) < 4.78 is 7.29. The van der Waals surface area contributed by atoms with Crippen LogP contribution in [0.5, 0.6) is 5.75 Å². The van der Waals surface area contributed by atoms with Gasteiger partial charge in [-0.05, 0) is 37.3 Å². The van der Waals surface area contributed by atoms with Crippen LogP contribution >= 0.6 is 11.8 Å². The van der Waals surface area contributed by atoms with Gasteiger partial charge in [0.1, 0.15) is 5.75 Å². The number of Topliss-reactive ketones (excluding diaryl/α,β-unsaturated/α-hetero) is 1. The van der Waals surface area contributed by atoms with Crippen molar-refractivity contribution in [1.82, 2.24) is 9.55 Å². The van der Waals surface area contributed by atoms with Gasteiger partial charge in [0.25, 0.3) is 5.91 Å². The molecule has 1 aromatic heterocycles. The van der Waals surface area contributed by atoms with Crippen molar-refractivity contribution in [1.29, 1.82) is 0 Å². The molecule has 3 aromatic rings. The molecule has 2 aromatic carbocycles. The third-order valence-electron chi connectivity index (χ3n) is 4.19. The number of ether oxygens (including phenoxy) is 1. The van der Waals surface area contributed by atoms with E-state index >= 15 is 0 Å². The van der Waals surface area contributed by atoms with E-state index in [1.165, 1.54) is 11.8 Å². The summed E-state index contributed by atoms with van der Waals surface area (Å²) in [4.78, 5) is 28.7. The predicted octanol–water partition coefficient (Wildman–Crippen LogP) is 3.57. The molecule has 1 aliphatic rings. The molecule has 1 aliphatic heterocycles. The van der Waals surface area contributed by atoms with Crippen molar-refractivity contribution < 1.29 is 14.3 Å². The molecule has 1 atom stereocenters. The molecule has 0 aliphatic carbocycles. The van der Waals surface area contributed by atoms with Crippen LogP contribution in [0.15, 0.2) is 66.1 Å². The highest BCUT2D eigenvalue weighted by atomic mass is 32.2. The standard InChI is InChI=1S/C20H17N3O3S/c1-13(27-20-21-9-10-23(20)15-5-3-2-4-6-15)19(25)14-7-8-17-16(11-14)22-18(24)12-26-17/h2-11,13H,12H2,1H3,(H,22,24). The molecule has 1 unspecified atom stereocenters. The Morgan fingerprint density at radius 2 is 2.07 bits per heavy atom. The Kier molecular flexibility index (Phi) is 4.68. The third kappa shape index (κ3) is 3.59. The van der Waals surface area contributed by atoms with E-state index in [1.807, 2.05) is 48.0 Å². The second kappa shape index (κ2) is 7.28. The number of amides is 1. The number of hydrogen-bond donors (Lipinski definition) is 1. The number of nitrogens with one attached hydrogen (secondary N) is 1. The van der Waals surface area contributed by atoms with Crippen LogP contribution in [-0.2, 0) is 4.79 Å². The summed E-state index contributed by atoms with van der Waals surface area (Å²) in [6.07, 6.45) is 3.60. The summed E-state index contributed by atoms with van der Waals surface area (Å²) in [7, 11) is 0. The minimum atomic E-state index is -0.340. The van der Waals surface area contributed by atoms with Crippen LogP contribution in [0.1, 0.15) is 17.3 Å². The van der Waals surface area contributed by atoms with E-state index in [-0.39, 0.29) is 23.5 Å². The van der Waals surface area contributed by atoms with E-state index in [0.29, 0.717) is 17.0 Å². The van der Waals surface area contributed by atoms with E-state index in [1.54, 1.807) is 24.4 Å². The number of thioether (sulfide) groups is 1. The lowest BCUT2D eigenvalue weighted by Gasteiger charge is -2.19. The monoisotopic (exact) mass is 379 g/mol. The quantitative estimate of drug-likeness (QED) is 0.542. The number of rotatable bonds is 5. The molecule has 136 valence electrons. The lowest BCUT2D eigenvalue weighted by molar-refractivity contribution is -0.118. The molecule has 1 N–H and O–H groups in total. The number of nitrogens with zero attached hydrogens (tertiary/aromatic N) is 2. The zero-order valence-corrected chi connectivity index (χ0v) is 15.4. The number of ketones is 1. The summed E-state index contributed by atoms with van der Waals surface area (Å²) in [5, 5.41) is 3.14. The first-order valence-corrected chi connectivity index (χ1v) is 9.36. The van der Waals surface area contributed by atoms with Gasteiger partial charge in [0, 0.05) is 23.6 Å². The fourth-order valence-electron chi connectivity index (χ4n) is 2.84. The summed E-state index contributed by atoms with van der Waals surface area (Å²) in [6.45, 7) is 1.85. The molecule has 0 radical (unpaired) electrons. The summed E-state index contributed by atoms with van der Waals surface area (Å²) in [5.74, 6) is 0.315. The summed E-state index contributed by atoms with van der Waals surface area (Å²) in [6, 6.07) is 15.0. The maximum absolute atomic E-state index is 12.9. The van der Waals surface area contributed by atoms with E-state index in [9.17, 15) is 9.59 Å². The molecule has 27 heavy (non-hydrogen) atoms. The van der Waals surface area contributed by atoms with Crippen LogP contribution < -0.4 is 10.1 Å². The number of fused-ring (bicyclic) bond motifs is 1. The number of aromatic nitrogens is 2. The Morgan fingerprint density at radius 3 is 2.89 bits per heavy atom. The maximum atomic E-state index is 12.9. The molecule has 0 fully saturated rings. The molecule has 0 saturated carbocycles. The average molecular weight is 379 g/mol. The van der Waals surface area contributed by atoms with Crippen LogP contribution in [-0.4, -0.2) is 33.1 Å². The smallest absolute Gasteiger partial charge is 0.262 e. The number of benzene rings is 2. The number of carbonyl (C=O) groups is 2. The average Bonchev–Trinajstić information content (AvgIpc) is 3.15. The Bertz CT molecular complexity index is 1000. The van der Waals surface area contributed by atoms with Gasteiger partial charge < -0.3 is 10.1 Å². The number of anilines is 1. The summed E-state index contributed by atoms with van der Waals surface area (Å²) >= 11 is 1.40. The largest absolute Gasteiger partial charge is 0.482 e. The van der Waals surface area contributed by atoms with Crippen LogP contribution in [0.4, 0.5) is 5.69 Å². The van der Waals surface area contributed by atoms with Gasteiger partial charge in [-0.25, -0.2) is 4.98 Å². The van der Waals surface area contributed by atoms with Crippen molar-refractivity contribution >= 4 is 29.1 Å². The second-order valence-electron chi connectivity index (χ2n) is 6.09. The van der Waals surface area contributed by atoms with Gasteiger partial charge in [-0.3, -0.25) is 14.2 Å². The third-order valence-corrected chi connectivity index (χ3v) is 5.27. The van der Waals surface area contributed by atoms with E-state index < -0.39 is 0 Å². The van der Waals surface area contributed by atoms with Gasteiger partial charge in [0.05, 0.1) is 10.9 Å². The molecule has 6 nitrogen and oxygen atoms in total. The number of para-hydroxylation sites is 1. The maximum Gasteiger partial charge on any atom is 0.262 e. The highest BCUT2D eigenvalue weighted by Crippen LogP contribution is 2.31. The molecule has 1 amide bonds. The van der Waals surface area contributed by atoms with Gasteiger partial charge in [0.2, 0.25) is 0 Å². The van der Waals surface area contributed by atoms with Gasteiger partial charge >= 0.3 is 0 Å². The van der Waals surface area contributed by atoms with Crippen LogP contribution in [0.3, 0.4) is 0 Å². The van der Waals surface area contributed by atoms with Crippen LogP contribution in [0, 0.1) is 0 Å². The SMILES string of the molecule is CC(Sc1nccn1-c1ccccc1)C(=O)c1ccc2c(c1)NC(=O)CO2. The Balaban J connectivity index is 1.54. The van der Waals surface area contributed by atoms with Gasteiger partial charge in [0.15, 0.2) is 17.5 Å². The van der Waals surface area contributed by atoms with Crippen LogP contribution in [0.25, 0.3) is 5.69 Å². The van der Waals surface area contributed by atoms with Gasteiger partial charge in [-0.15, -0.1) is 0 Å². The topological polar surface area (TPSA) is 73.2 Å². The lowest BCUT2D eigenvalue weighted by Crippen LogP contribution is -2.25. The Morgan fingerprint density at radius 1 is 1.26 bits per heavy atom. The van der Waals surface area contributed by atoms with Crippen molar-refractivity contribution in [3.63, 3.8) is 0 Å². The molecule has 2 heterocycles. The molecule has 0 saturated heterocycles. The Hall–Kier alpha value is -3.06. The normalized spacial score (nSPS) is 14.0. The fraction of sp³-hybridized carbons (Fsp3) is 0.150. The fourth-order valence-corrected chi connectivity index (χ4v) is 3.81. The first kappa shape index (κ1) is 17.4. The lowest BCUT2D eigenvalue weighted by atomic mass is 10.1. The first-order valence-electron chi connectivity index (χ1n) is 8.48. The van der Waals surface area contributed by atoms with E-state index in [4.69, 9.17) is 4.74 Å². The van der Waals surface area contributed by atoms with E-state index in [2.05, 4.69) is 10.3 Å². The summed E-state index contributed by atoms with van der Waals surface area (Å²) in [5.41, 5.74) is 2.04. The number of hydrogen-bond acceptors (Lipinski definition) is 5. The molecule has 4 rings (SSSR count). The van der Waals surface area contributed by atoms with Crippen molar-refractivity contribution in [2.75, 3.05) is 11.9 Å². The predicted molar refractivity (Wildman–Crippen MR) is 104 cm³/mol. The molecule has 0 bridgehead atoms. The van der Waals surface area contributed by atoms with Crippen molar-refractivity contribution in [3.05, 3.63) is 66.5 Å². The van der Waals surface area contributed by atoms with Crippen molar-refractivity contribution in [3.8, 4) is 11.4 Å². The minimum Gasteiger partial charge on any atom is -0.482 e. The zero-order chi connectivity index (χ0) is 18.8. The minimum absolute atomic E-state index is 0.00527. The zero-order valence-electron chi connectivity index (χ0n) is 14.6. The van der Waals surface area contributed by atoms with Gasteiger partial charge in [-0.1, -0.05) is 30.0 Å². The second-order valence-corrected chi connectivity index (χ2v) is 7.40. The number of imidazole rings is 1. The highest BCUT2D eigenvalue weighted by molar-refractivity contribution is 8.00. The molecule has 0 spiro atoms. The molecule has 7 heteroatoms. The van der Waals surface area contributed by atoms with Crippen molar-refractivity contribution in [2.24, 2.45) is 0 Å². The molecular formula is C20H17N3O3S. The molecular weight excluding hydrogens is 362 g/mol.